The third kappa shape index (κ3) is 3.73. The van der Waals surface area contributed by atoms with Gasteiger partial charge in [-0.3, -0.25) is 4.98 Å². The number of aliphatic hydroxyl groups is 1. The van der Waals surface area contributed by atoms with Crippen LogP contribution in [0.3, 0.4) is 0 Å². The van der Waals surface area contributed by atoms with Gasteiger partial charge in [0.05, 0.1) is 17.8 Å². The molecule has 1 aliphatic rings. The van der Waals surface area contributed by atoms with Crippen molar-refractivity contribution in [3.63, 3.8) is 0 Å². The molecule has 0 bridgehead atoms. The maximum Gasteiger partial charge on any atom is 0.170 e. The molecule has 3 aromatic rings. The molecule has 3 heterocycles. The monoisotopic (exact) mass is 420 g/mol. The van der Waals surface area contributed by atoms with E-state index in [1.807, 2.05) is 24.4 Å². The zero-order valence-electron chi connectivity index (χ0n) is 17.7. The van der Waals surface area contributed by atoms with Crippen LogP contribution in [0.5, 0.6) is 0 Å². The van der Waals surface area contributed by atoms with Gasteiger partial charge in [0.1, 0.15) is 0 Å². The molecule has 4 rings (SSSR count). The molecule has 0 radical (unpaired) electrons. The van der Waals surface area contributed by atoms with E-state index in [1.54, 1.807) is 0 Å². The van der Waals surface area contributed by atoms with Crippen molar-refractivity contribution < 1.29 is 5.11 Å². The van der Waals surface area contributed by atoms with Gasteiger partial charge in [-0.15, -0.1) is 0 Å². The summed E-state index contributed by atoms with van der Waals surface area (Å²) in [5.74, 6) is 0. The number of pyridine rings is 1. The van der Waals surface area contributed by atoms with E-state index in [9.17, 15) is 5.11 Å². The number of hydrogen-bond acceptors (Lipinski definition) is 3. The average molecular weight is 421 g/mol. The highest BCUT2D eigenvalue weighted by atomic mass is 32.1. The van der Waals surface area contributed by atoms with Crippen LogP contribution in [0, 0.1) is 20.8 Å². The molecule has 2 N–H and O–H groups in total. The average Bonchev–Trinajstić information content (AvgIpc) is 3.22. The summed E-state index contributed by atoms with van der Waals surface area (Å²) in [6.45, 7) is 7.28. The first-order valence-corrected chi connectivity index (χ1v) is 10.8. The van der Waals surface area contributed by atoms with Crippen molar-refractivity contribution in [2.45, 2.75) is 39.3 Å². The van der Waals surface area contributed by atoms with Crippen LogP contribution in [-0.2, 0) is 0 Å². The van der Waals surface area contributed by atoms with Crippen molar-refractivity contribution in [1.29, 1.82) is 0 Å². The van der Waals surface area contributed by atoms with Crippen LogP contribution in [0.25, 0.3) is 5.69 Å². The van der Waals surface area contributed by atoms with Crippen molar-refractivity contribution in [1.82, 2.24) is 19.8 Å². The minimum atomic E-state index is -0.0381. The number of hydrogen-bond donors (Lipinski definition) is 2. The molecule has 0 aliphatic carbocycles. The Morgan fingerprint density at radius 1 is 1.10 bits per heavy atom. The summed E-state index contributed by atoms with van der Waals surface area (Å²) in [4.78, 5) is 6.81. The molecular formula is C24H28N4OS. The number of nitrogens with one attached hydrogen (secondary N) is 1. The van der Waals surface area contributed by atoms with E-state index in [-0.39, 0.29) is 18.7 Å². The topological polar surface area (TPSA) is 53.3 Å². The van der Waals surface area contributed by atoms with E-state index >= 15 is 0 Å². The Morgan fingerprint density at radius 2 is 1.93 bits per heavy atom. The first-order valence-electron chi connectivity index (χ1n) is 10.4. The number of benzene rings is 1. The van der Waals surface area contributed by atoms with E-state index in [1.165, 1.54) is 28.2 Å². The Labute approximate surface area is 183 Å². The van der Waals surface area contributed by atoms with Crippen LogP contribution < -0.4 is 5.32 Å². The van der Waals surface area contributed by atoms with E-state index in [0.717, 1.165) is 5.69 Å². The molecule has 1 saturated heterocycles. The Hall–Kier alpha value is -2.70. The third-order valence-electron chi connectivity index (χ3n) is 5.80. The summed E-state index contributed by atoms with van der Waals surface area (Å²) >= 11 is 5.70. The molecule has 1 aliphatic heterocycles. The van der Waals surface area contributed by atoms with E-state index in [2.05, 4.69) is 70.9 Å². The summed E-state index contributed by atoms with van der Waals surface area (Å²) in [6.07, 6.45) is 2.49. The SMILES string of the molecule is Cc1cccc(-n2c(C)cc(C3C(c4ccccn4)NC(=S)N3CCCO)c2C)c1. The minimum absolute atomic E-state index is 0.0173. The highest BCUT2D eigenvalue weighted by molar-refractivity contribution is 7.80. The van der Waals surface area contributed by atoms with E-state index < -0.39 is 0 Å². The van der Waals surface area contributed by atoms with Gasteiger partial charge in [-0.25, -0.2) is 0 Å². The maximum absolute atomic E-state index is 9.42. The molecule has 1 aromatic carbocycles. The molecule has 2 unspecified atom stereocenters. The first-order chi connectivity index (χ1) is 14.5. The normalized spacial score (nSPS) is 18.7. The number of aromatic nitrogens is 2. The van der Waals surface area contributed by atoms with Gasteiger partial charge in [0.15, 0.2) is 5.11 Å². The summed E-state index contributed by atoms with van der Waals surface area (Å²) < 4.78 is 2.31. The van der Waals surface area contributed by atoms with Crippen molar-refractivity contribution in [2.75, 3.05) is 13.2 Å². The number of rotatable bonds is 6. The molecule has 0 saturated carbocycles. The first kappa shape index (κ1) is 20.6. The van der Waals surface area contributed by atoms with Crippen LogP contribution in [-0.4, -0.2) is 37.8 Å². The highest BCUT2D eigenvalue weighted by Crippen LogP contribution is 2.41. The second-order valence-electron chi connectivity index (χ2n) is 7.90. The molecule has 5 nitrogen and oxygen atoms in total. The van der Waals surface area contributed by atoms with Crippen LogP contribution in [0.4, 0.5) is 0 Å². The zero-order valence-corrected chi connectivity index (χ0v) is 18.5. The molecule has 2 atom stereocenters. The number of nitrogens with zero attached hydrogens (tertiary/aromatic N) is 3. The van der Waals surface area contributed by atoms with Gasteiger partial charge in [-0.1, -0.05) is 18.2 Å². The Morgan fingerprint density at radius 3 is 2.63 bits per heavy atom. The molecule has 156 valence electrons. The second-order valence-corrected chi connectivity index (χ2v) is 8.28. The van der Waals surface area contributed by atoms with Gasteiger partial charge in [-0.05, 0) is 80.9 Å². The van der Waals surface area contributed by atoms with Crippen LogP contribution in [0.1, 0.15) is 46.7 Å². The Bertz CT molecular complexity index is 1050. The fourth-order valence-electron chi connectivity index (χ4n) is 4.48. The lowest BCUT2D eigenvalue weighted by atomic mass is 9.96. The highest BCUT2D eigenvalue weighted by Gasteiger charge is 2.41. The maximum atomic E-state index is 9.42. The molecule has 6 heteroatoms. The van der Waals surface area contributed by atoms with Gasteiger partial charge in [0.2, 0.25) is 0 Å². The predicted octanol–water partition coefficient (Wildman–Crippen LogP) is 4.15. The van der Waals surface area contributed by atoms with Gasteiger partial charge in [0, 0.05) is 36.4 Å². The molecular weight excluding hydrogens is 392 g/mol. The summed E-state index contributed by atoms with van der Waals surface area (Å²) in [7, 11) is 0. The Balaban J connectivity index is 1.82. The van der Waals surface area contributed by atoms with E-state index in [4.69, 9.17) is 12.2 Å². The summed E-state index contributed by atoms with van der Waals surface area (Å²) in [5.41, 5.74) is 6.99. The van der Waals surface area contributed by atoms with Gasteiger partial charge in [0.25, 0.3) is 0 Å². The van der Waals surface area contributed by atoms with Gasteiger partial charge in [-0.2, -0.15) is 0 Å². The second kappa shape index (κ2) is 8.58. The number of aryl methyl sites for hydroxylation is 2. The summed E-state index contributed by atoms with van der Waals surface area (Å²) in [6, 6.07) is 16.8. The fourth-order valence-corrected chi connectivity index (χ4v) is 4.81. The minimum Gasteiger partial charge on any atom is -0.396 e. The van der Waals surface area contributed by atoms with Crippen molar-refractivity contribution in [3.05, 3.63) is 82.9 Å². The lowest BCUT2D eigenvalue weighted by molar-refractivity contribution is 0.247. The zero-order chi connectivity index (χ0) is 21.3. The van der Waals surface area contributed by atoms with Crippen LogP contribution in [0.15, 0.2) is 54.7 Å². The number of aliphatic hydroxyl groups excluding tert-OH is 1. The molecule has 2 aromatic heterocycles. The van der Waals surface area contributed by atoms with Gasteiger partial charge < -0.3 is 19.9 Å². The van der Waals surface area contributed by atoms with E-state index in [0.29, 0.717) is 18.1 Å². The number of thiocarbonyl (C=S) groups is 1. The smallest absolute Gasteiger partial charge is 0.170 e. The van der Waals surface area contributed by atoms with Crippen LogP contribution >= 0.6 is 12.2 Å². The lowest BCUT2D eigenvalue weighted by Crippen LogP contribution is -2.31. The molecule has 1 fully saturated rings. The van der Waals surface area contributed by atoms with Crippen LogP contribution in [0.2, 0.25) is 0 Å². The van der Waals surface area contributed by atoms with Crippen molar-refractivity contribution >= 4 is 17.3 Å². The van der Waals surface area contributed by atoms with Crippen molar-refractivity contribution in [2.24, 2.45) is 0 Å². The Kier molecular flexibility index (Phi) is 5.88. The molecule has 30 heavy (non-hydrogen) atoms. The third-order valence-corrected chi connectivity index (χ3v) is 6.16. The molecule has 0 spiro atoms. The lowest BCUT2D eigenvalue weighted by Gasteiger charge is -2.28. The summed E-state index contributed by atoms with van der Waals surface area (Å²) in [5, 5.41) is 13.6. The quantitative estimate of drug-likeness (QED) is 0.587. The molecule has 0 amide bonds. The standard InChI is InChI=1S/C24H28N4OS/c1-16-8-6-9-19(14-16)28-17(2)15-20(18(28)3)23-22(21-10-4-5-11-25-21)26-24(30)27(23)12-7-13-29/h4-6,8-11,14-15,22-23,29H,7,12-13H2,1-3H3,(H,26,30). The van der Waals surface area contributed by atoms with Crippen molar-refractivity contribution in [3.8, 4) is 5.69 Å². The predicted molar refractivity (Wildman–Crippen MR) is 124 cm³/mol. The fraction of sp³-hybridized carbons (Fsp3) is 0.333. The largest absolute Gasteiger partial charge is 0.396 e. The van der Waals surface area contributed by atoms with Gasteiger partial charge >= 0.3 is 0 Å².